The number of nitrogens with zero attached hydrogens (tertiary/aromatic N) is 5. The Morgan fingerprint density at radius 1 is 1.31 bits per heavy atom. The Balaban J connectivity index is 1.61. The first-order valence-corrected chi connectivity index (χ1v) is 8.92. The van der Waals surface area contributed by atoms with Crippen molar-refractivity contribution in [3.63, 3.8) is 0 Å². The molecule has 9 heteroatoms. The normalized spacial score (nSPS) is 17.2. The molecule has 0 unspecified atom stereocenters. The van der Waals surface area contributed by atoms with Gasteiger partial charge in [0.15, 0.2) is 0 Å². The second kappa shape index (κ2) is 8.27. The number of benzene rings is 1. The monoisotopic (exact) mass is 377 g/mol. The quantitative estimate of drug-likeness (QED) is 0.738. The molecule has 3 rings (SSSR count). The van der Waals surface area contributed by atoms with Crippen LogP contribution in [0.1, 0.15) is 19.8 Å². The van der Waals surface area contributed by atoms with Gasteiger partial charge in [0.1, 0.15) is 6.54 Å². The van der Waals surface area contributed by atoms with Crippen molar-refractivity contribution in [2.24, 2.45) is 5.92 Å². The van der Waals surface area contributed by atoms with Crippen molar-refractivity contribution in [3.8, 4) is 11.4 Å². The number of rotatable bonds is 5. The number of carbonyl (C=O) groups excluding carboxylic acids is 2. The van der Waals surface area contributed by atoms with Crippen LogP contribution >= 0.6 is 11.6 Å². The van der Waals surface area contributed by atoms with E-state index in [4.69, 9.17) is 16.3 Å². The maximum atomic E-state index is 12.5. The van der Waals surface area contributed by atoms with Gasteiger partial charge < -0.3 is 9.64 Å². The maximum absolute atomic E-state index is 12.5. The molecule has 1 aromatic carbocycles. The summed E-state index contributed by atoms with van der Waals surface area (Å²) < 4.78 is 5.06. The first kappa shape index (κ1) is 18.3. The van der Waals surface area contributed by atoms with Gasteiger partial charge in [-0.05, 0) is 49.2 Å². The number of tetrazole rings is 1. The molecule has 0 radical (unpaired) electrons. The molecule has 0 N–H and O–H groups in total. The predicted molar refractivity (Wildman–Crippen MR) is 94.2 cm³/mol. The molecule has 138 valence electrons. The molecule has 1 fully saturated rings. The minimum Gasteiger partial charge on any atom is -0.466 e. The number of hydrogen-bond acceptors (Lipinski definition) is 6. The summed E-state index contributed by atoms with van der Waals surface area (Å²) in [5.41, 5.74) is 0.772. The fourth-order valence-corrected chi connectivity index (χ4v) is 3.03. The predicted octanol–water partition coefficient (Wildman–Crippen LogP) is 1.80. The van der Waals surface area contributed by atoms with Crippen molar-refractivity contribution in [2.45, 2.75) is 26.3 Å². The highest BCUT2D eigenvalue weighted by molar-refractivity contribution is 6.30. The Bertz CT molecular complexity index is 777. The maximum Gasteiger partial charge on any atom is 0.310 e. The number of esters is 1. The zero-order valence-corrected chi connectivity index (χ0v) is 15.2. The van der Waals surface area contributed by atoms with Crippen LogP contribution in [0.25, 0.3) is 11.4 Å². The number of halogens is 1. The van der Waals surface area contributed by atoms with E-state index >= 15 is 0 Å². The molecule has 2 aromatic rings. The van der Waals surface area contributed by atoms with Crippen LogP contribution in [0.3, 0.4) is 0 Å². The Hall–Kier alpha value is -2.48. The van der Waals surface area contributed by atoms with E-state index < -0.39 is 0 Å². The first-order chi connectivity index (χ1) is 12.6. The van der Waals surface area contributed by atoms with Crippen LogP contribution in [0, 0.1) is 5.92 Å². The van der Waals surface area contributed by atoms with Crippen LogP contribution < -0.4 is 0 Å². The Morgan fingerprint density at radius 2 is 2.08 bits per heavy atom. The summed E-state index contributed by atoms with van der Waals surface area (Å²) in [4.78, 5) is 27.3. The number of likely N-dealkylation sites (tertiary alicyclic amines) is 1. The topological polar surface area (TPSA) is 90.2 Å². The van der Waals surface area contributed by atoms with Crippen molar-refractivity contribution in [1.82, 2.24) is 25.1 Å². The van der Waals surface area contributed by atoms with Gasteiger partial charge in [-0.2, -0.15) is 4.80 Å². The molecule has 2 heterocycles. The summed E-state index contributed by atoms with van der Waals surface area (Å²) in [5, 5.41) is 12.8. The lowest BCUT2D eigenvalue weighted by Crippen LogP contribution is -2.44. The summed E-state index contributed by atoms with van der Waals surface area (Å²) in [6.45, 7) is 3.10. The van der Waals surface area contributed by atoms with Gasteiger partial charge in [-0.15, -0.1) is 10.2 Å². The van der Waals surface area contributed by atoms with Crippen LogP contribution in [0.4, 0.5) is 0 Å². The average molecular weight is 378 g/mol. The van der Waals surface area contributed by atoms with Crippen LogP contribution in [0.2, 0.25) is 5.02 Å². The molecule has 1 atom stereocenters. The van der Waals surface area contributed by atoms with E-state index in [9.17, 15) is 9.59 Å². The third-order valence-electron chi connectivity index (χ3n) is 4.23. The number of ether oxygens (including phenoxy) is 1. The lowest BCUT2D eigenvalue weighted by molar-refractivity contribution is -0.151. The van der Waals surface area contributed by atoms with Gasteiger partial charge in [-0.3, -0.25) is 9.59 Å². The van der Waals surface area contributed by atoms with Crippen LogP contribution in [0.5, 0.6) is 0 Å². The largest absolute Gasteiger partial charge is 0.466 e. The van der Waals surface area contributed by atoms with Crippen molar-refractivity contribution in [2.75, 3.05) is 19.7 Å². The van der Waals surface area contributed by atoms with Crippen LogP contribution in [0.15, 0.2) is 24.3 Å². The molecule has 0 bridgehead atoms. The van der Waals surface area contributed by atoms with Crippen molar-refractivity contribution < 1.29 is 14.3 Å². The molecule has 1 aliphatic heterocycles. The molecule has 0 saturated carbocycles. The fraction of sp³-hybridized carbons (Fsp3) is 0.471. The summed E-state index contributed by atoms with van der Waals surface area (Å²) >= 11 is 5.87. The van der Waals surface area contributed by atoms with E-state index in [2.05, 4.69) is 15.4 Å². The molecule has 1 aliphatic rings. The summed E-state index contributed by atoms with van der Waals surface area (Å²) in [6, 6.07) is 7.07. The molecule has 1 saturated heterocycles. The standard InChI is InChI=1S/C17H20ClN5O3/c1-2-26-17(25)13-4-3-9-22(10-13)15(24)11-23-20-16(19-21-23)12-5-7-14(18)8-6-12/h5-8,13H,2-4,9-11H2,1H3/t13-/m0/s1. The number of aromatic nitrogens is 4. The third-order valence-corrected chi connectivity index (χ3v) is 4.48. The smallest absolute Gasteiger partial charge is 0.310 e. The molecule has 1 amide bonds. The van der Waals surface area contributed by atoms with E-state index in [-0.39, 0.29) is 24.3 Å². The number of piperidine rings is 1. The van der Waals surface area contributed by atoms with Crippen LogP contribution in [-0.4, -0.2) is 56.7 Å². The van der Waals surface area contributed by atoms with E-state index in [1.807, 2.05) is 0 Å². The second-order valence-electron chi connectivity index (χ2n) is 6.08. The zero-order valence-electron chi connectivity index (χ0n) is 14.5. The highest BCUT2D eigenvalue weighted by Crippen LogP contribution is 2.19. The van der Waals surface area contributed by atoms with Crippen LogP contribution in [-0.2, 0) is 20.9 Å². The lowest BCUT2D eigenvalue weighted by Gasteiger charge is -2.31. The minimum absolute atomic E-state index is 0.0177. The molecule has 1 aromatic heterocycles. The van der Waals surface area contributed by atoms with Crippen molar-refractivity contribution >= 4 is 23.5 Å². The lowest BCUT2D eigenvalue weighted by atomic mass is 9.98. The average Bonchev–Trinajstić information content (AvgIpc) is 3.11. The van der Waals surface area contributed by atoms with Gasteiger partial charge in [0.25, 0.3) is 0 Å². The van der Waals surface area contributed by atoms with Crippen molar-refractivity contribution in [1.29, 1.82) is 0 Å². The number of hydrogen-bond donors (Lipinski definition) is 0. The number of carbonyl (C=O) groups is 2. The Morgan fingerprint density at radius 3 is 2.81 bits per heavy atom. The molecule has 0 spiro atoms. The van der Waals surface area contributed by atoms with E-state index in [0.717, 1.165) is 18.4 Å². The minimum atomic E-state index is -0.263. The highest BCUT2D eigenvalue weighted by Gasteiger charge is 2.29. The first-order valence-electron chi connectivity index (χ1n) is 8.55. The Kier molecular flexibility index (Phi) is 5.82. The third kappa shape index (κ3) is 4.37. The van der Waals surface area contributed by atoms with Gasteiger partial charge in [0.05, 0.1) is 12.5 Å². The molecule has 8 nitrogen and oxygen atoms in total. The summed E-state index contributed by atoms with van der Waals surface area (Å²) in [7, 11) is 0. The molecule has 0 aliphatic carbocycles. The SMILES string of the molecule is CCOC(=O)[C@H]1CCCN(C(=O)Cn2nnc(-c3ccc(Cl)cc3)n2)C1. The van der Waals surface area contributed by atoms with E-state index in [1.165, 1.54) is 4.80 Å². The highest BCUT2D eigenvalue weighted by atomic mass is 35.5. The van der Waals surface area contributed by atoms with E-state index in [0.29, 0.717) is 30.5 Å². The summed E-state index contributed by atoms with van der Waals surface area (Å²) in [5.74, 6) is -0.216. The fourth-order valence-electron chi connectivity index (χ4n) is 2.90. The van der Waals surface area contributed by atoms with Gasteiger partial charge in [0, 0.05) is 23.7 Å². The van der Waals surface area contributed by atoms with Gasteiger partial charge in [-0.25, -0.2) is 0 Å². The van der Waals surface area contributed by atoms with Gasteiger partial charge in [0.2, 0.25) is 11.7 Å². The van der Waals surface area contributed by atoms with Crippen molar-refractivity contribution in [3.05, 3.63) is 29.3 Å². The zero-order chi connectivity index (χ0) is 18.5. The van der Waals surface area contributed by atoms with E-state index in [1.54, 1.807) is 36.1 Å². The van der Waals surface area contributed by atoms with Gasteiger partial charge in [-0.1, -0.05) is 11.6 Å². The molecular formula is C17H20ClN5O3. The number of amides is 1. The molecular weight excluding hydrogens is 358 g/mol. The summed E-state index contributed by atoms with van der Waals surface area (Å²) in [6.07, 6.45) is 1.51. The molecule has 26 heavy (non-hydrogen) atoms. The van der Waals surface area contributed by atoms with Gasteiger partial charge >= 0.3 is 5.97 Å². The second-order valence-corrected chi connectivity index (χ2v) is 6.52. The Labute approximate surface area is 156 Å².